The zero-order chi connectivity index (χ0) is 15.9. The second kappa shape index (κ2) is 7.61. The molecule has 0 bridgehead atoms. The number of carbonyl (C=O) groups excluding carboxylic acids is 1. The van der Waals surface area contributed by atoms with Crippen LogP contribution in [0, 0.1) is 0 Å². The Labute approximate surface area is 132 Å². The highest BCUT2D eigenvalue weighted by Crippen LogP contribution is 2.18. The van der Waals surface area contributed by atoms with Gasteiger partial charge in [-0.05, 0) is 43.3 Å². The van der Waals surface area contributed by atoms with E-state index in [1.807, 2.05) is 19.1 Å². The number of rotatable bonds is 5. The van der Waals surface area contributed by atoms with Crippen LogP contribution in [-0.4, -0.2) is 23.1 Å². The summed E-state index contributed by atoms with van der Waals surface area (Å²) in [4.78, 5) is 12.7. The summed E-state index contributed by atoms with van der Waals surface area (Å²) in [6.45, 7) is 2.47. The van der Waals surface area contributed by atoms with Gasteiger partial charge < -0.3 is 15.4 Å². The van der Waals surface area contributed by atoms with Crippen LogP contribution in [0.5, 0.6) is 5.75 Å². The third-order valence-electron chi connectivity index (χ3n) is 2.85. The Kier molecular flexibility index (Phi) is 5.55. The average molecular weight is 318 g/mol. The van der Waals surface area contributed by atoms with Crippen LogP contribution in [0.15, 0.2) is 53.4 Å². The number of nitrogens with one attached hydrogen (secondary N) is 2. The summed E-state index contributed by atoms with van der Waals surface area (Å²) in [5.41, 5.74) is 1.28. The molecule has 2 amide bonds. The summed E-state index contributed by atoms with van der Waals surface area (Å²) in [5.74, 6) is 0.704. The molecule has 0 saturated carbocycles. The molecule has 22 heavy (non-hydrogen) atoms. The molecule has 0 spiro atoms. The van der Waals surface area contributed by atoms with E-state index in [0.29, 0.717) is 23.7 Å². The van der Waals surface area contributed by atoms with Gasteiger partial charge in [0.2, 0.25) is 0 Å². The number of amides is 2. The van der Waals surface area contributed by atoms with Crippen molar-refractivity contribution in [3.8, 4) is 5.75 Å². The normalized spacial score (nSPS) is 11.5. The molecule has 0 aromatic heterocycles. The first-order valence-electron chi connectivity index (χ1n) is 6.83. The molecule has 0 radical (unpaired) electrons. The lowest BCUT2D eigenvalue weighted by Gasteiger charge is -2.09. The maximum atomic E-state index is 11.9. The molecule has 0 aliphatic carbocycles. The van der Waals surface area contributed by atoms with Crippen LogP contribution in [0.2, 0.25) is 0 Å². The summed E-state index contributed by atoms with van der Waals surface area (Å²) in [6.07, 6.45) is 1.61. The Bertz CT molecular complexity index is 671. The Morgan fingerprint density at radius 3 is 2.41 bits per heavy atom. The molecule has 2 rings (SSSR count). The van der Waals surface area contributed by atoms with Gasteiger partial charge in [-0.3, -0.25) is 4.21 Å². The van der Waals surface area contributed by atoms with Gasteiger partial charge in [-0.25, -0.2) is 4.79 Å². The Balaban J connectivity index is 1.97. The summed E-state index contributed by atoms with van der Waals surface area (Å²) in [6, 6.07) is 13.7. The lowest BCUT2D eigenvalue weighted by Crippen LogP contribution is -2.19. The zero-order valence-corrected chi connectivity index (χ0v) is 13.3. The van der Waals surface area contributed by atoms with Crippen LogP contribution in [0.4, 0.5) is 16.2 Å². The summed E-state index contributed by atoms with van der Waals surface area (Å²) in [5, 5.41) is 5.45. The van der Waals surface area contributed by atoms with Crippen molar-refractivity contribution in [2.75, 3.05) is 23.5 Å². The molecule has 5 nitrogen and oxygen atoms in total. The predicted molar refractivity (Wildman–Crippen MR) is 89.0 cm³/mol. The van der Waals surface area contributed by atoms with Crippen molar-refractivity contribution in [1.29, 1.82) is 0 Å². The molecule has 0 heterocycles. The van der Waals surface area contributed by atoms with E-state index in [4.69, 9.17) is 4.74 Å². The first-order chi connectivity index (χ1) is 10.6. The molecular formula is C16H18N2O3S. The predicted octanol–water partition coefficient (Wildman–Crippen LogP) is 3.47. The number of anilines is 2. The monoisotopic (exact) mass is 318 g/mol. The molecular weight excluding hydrogens is 300 g/mol. The van der Waals surface area contributed by atoms with Gasteiger partial charge in [0.25, 0.3) is 0 Å². The van der Waals surface area contributed by atoms with Crippen LogP contribution >= 0.6 is 0 Å². The molecule has 116 valence electrons. The average Bonchev–Trinajstić information content (AvgIpc) is 2.48. The number of carbonyl (C=O) groups is 1. The minimum absolute atomic E-state index is 0.348. The Morgan fingerprint density at radius 1 is 1.09 bits per heavy atom. The number of benzene rings is 2. The summed E-state index contributed by atoms with van der Waals surface area (Å²) in [7, 11) is -1.03. The number of hydrogen-bond acceptors (Lipinski definition) is 3. The molecule has 0 saturated heterocycles. The highest BCUT2D eigenvalue weighted by atomic mass is 32.2. The van der Waals surface area contributed by atoms with Crippen LogP contribution in [0.3, 0.4) is 0 Å². The molecule has 0 aliphatic rings. The van der Waals surface area contributed by atoms with Crippen molar-refractivity contribution in [2.45, 2.75) is 11.8 Å². The second-order valence-corrected chi connectivity index (χ2v) is 5.90. The quantitative estimate of drug-likeness (QED) is 0.887. The topological polar surface area (TPSA) is 67.4 Å². The van der Waals surface area contributed by atoms with Gasteiger partial charge in [0.15, 0.2) is 0 Å². The van der Waals surface area contributed by atoms with Crippen molar-refractivity contribution in [1.82, 2.24) is 0 Å². The smallest absolute Gasteiger partial charge is 0.323 e. The van der Waals surface area contributed by atoms with E-state index >= 15 is 0 Å². The summed E-state index contributed by atoms with van der Waals surface area (Å²) >= 11 is 0. The van der Waals surface area contributed by atoms with Gasteiger partial charge >= 0.3 is 6.03 Å². The lowest BCUT2D eigenvalue weighted by atomic mass is 10.3. The Morgan fingerprint density at radius 2 is 1.77 bits per heavy atom. The minimum atomic E-state index is -1.03. The molecule has 6 heteroatoms. The van der Waals surface area contributed by atoms with Gasteiger partial charge in [-0.15, -0.1) is 0 Å². The van der Waals surface area contributed by atoms with Crippen LogP contribution in [-0.2, 0) is 10.8 Å². The molecule has 2 aromatic carbocycles. The van der Waals surface area contributed by atoms with Crippen molar-refractivity contribution in [2.24, 2.45) is 0 Å². The fourth-order valence-electron chi connectivity index (χ4n) is 1.85. The fraction of sp³-hybridized carbons (Fsp3) is 0.188. The first kappa shape index (κ1) is 16.0. The molecule has 0 aliphatic heterocycles. The van der Waals surface area contributed by atoms with Crippen molar-refractivity contribution in [3.63, 3.8) is 0 Å². The second-order valence-electron chi connectivity index (χ2n) is 4.52. The molecule has 1 atom stereocenters. The van der Waals surface area contributed by atoms with Crippen LogP contribution in [0.25, 0.3) is 0 Å². The van der Waals surface area contributed by atoms with Gasteiger partial charge in [0.1, 0.15) is 5.75 Å². The lowest BCUT2D eigenvalue weighted by molar-refractivity contribution is 0.262. The van der Waals surface area contributed by atoms with Crippen LogP contribution < -0.4 is 15.4 Å². The van der Waals surface area contributed by atoms with Crippen molar-refractivity contribution < 1.29 is 13.7 Å². The summed E-state index contributed by atoms with van der Waals surface area (Å²) < 4.78 is 16.7. The number of urea groups is 1. The van der Waals surface area contributed by atoms with Gasteiger partial charge in [0, 0.05) is 39.4 Å². The maximum Gasteiger partial charge on any atom is 0.323 e. The van der Waals surface area contributed by atoms with Crippen molar-refractivity contribution in [3.05, 3.63) is 48.5 Å². The third-order valence-corrected chi connectivity index (χ3v) is 3.78. The fourth-order valence-corrected chi connectivity index (χ4v) is 2.37. The van der Waals surface area contributed by atoms with E-state index in [-0.39, 0.29) is 6.03 Å². The van der Waals surface area contributed by atoms with Gasteiger partial charge in [-0.1, -0.05) is 6.07 Å². The maximum absolute atomic E-state index is 11.9. The third kappa shape index (κ3) is 4.60. The van der Waals surface area contributed by atoms with Gasteiger partial charge in [-0.2, -0.15) is 0 Å². The Hall–Kier alpha value is -2.34. The highest BCUT2D eigenvalue weighted by molar-refractivity contribution is 7.84. The van der Waals surface area contributed by atoms with E-state index < -0.39 is 10.8 Å². The number of hydrogen-bond donors (Lipinski definition) is 2. The molecule has 2 aromatic rings. The van der Waals surface area contributed by atoms with E-state index in [2.05, 4.69) is 10.6 Å². The van der Waals surface area contributed by atoms with Crippen molar-refractivity contribution >= 4 is 28.2 Å². The van der Waals surface area contributed by atoms with E-state index in [1.54, 1.807) is 42.7 Å². The number of ether oxygens (including phenoxy) is 1. The molecule has 0 unspecified atom stereocenters. The largest absolute Gasteiger partial charge is 0.494 e. The molecule has 2 N–H and O–H groups in total. The zero-order valence-electron chi connectivity index (χ0n) is 12.5. The van der Waals surface area contributed by atoms with E-state index in [9.17, 15) is 9.00 Å². The standard InChI is InChI=1S/C16H18N2O3S/c1-3-21-14-6-4-5-13(11-14)18-16(19)17-12-7-9-15(10-8-12)22(2)20/h4-11H,3H2,1-2H3,(H2,17,18,19)/t22-/m0/s1. The molecule has 0 fully saturated rings. The van der Waals surface area contributed by atoms with Gasteiger partial charge in [0.05, 0.1) is 6.61 Å². The van der Waals surface area contributed by atoms with E-state index in [1.165, 1.54) is 0 Å². The van der Waals surface area contributed by atoms with Crippen LogP contribution in [0.1, 0.15) is 6.92 Å². The minimum Gasteiger partial charge on any atom is -0.494 e. The highest BCUT2D eigenvalue weighted by Gasteiger charge is 2.04. The first-order valence-corrected chi connectivity index (χ1v) is 8.38. The van der Waals surface area contributed by atoms with E-state index in [0.717, 1.165) is 4.90 Å². The SMILES string of the molecule is CCOc1cccc(NC(=O)Nc2ccc([S@](C)=O)cc2)c1.